The fourth-order valence-electron chi connectivity index (χ4n) is 2.91. The van der Waals surface area contributed by atoms with Gasteiger partial charge in [0.2, 0.25) is 0 Å². The fourth-order valence-corrected chi connectivity index (χ4v) is 3.15. The first kappa shape index (κ1) is 17.9. The highest BCUT2D eigenvalue weighted by molar-refractivity contribution is 6.30. The van der Waals surface area contributed by atoms with Gasteiger partial charge in [0.1, 0.15) is 24.4 Å². The number of aliphatic hydroxyl groups is 1. The van der Waals surface area contributed by atoms with Gasteiger partial charge in [-0.05, 0) is 25.5 Å². The number of halogens is 1. The van der Waals surface area contributed by atoms with E-state index in [1.165, 1.54) is 0 Å². The lowest BCUT2D eigenvalue weighted by Gasteiger charge is -2.36. The van der Waals surface area contributed by atoms with Crippen molar-refractivity contribution in [3.05, 3.63) is 47.0 Å². The predicted octanol–water partition coefficient (Wildman–Crippen LogP) is 2.61. The Morgan fingerprint density at radius 3 is 2.67 bits per heavy atom. The van der Waals surface area contributed by atoms with Crippen molar-refractivity contribution in [2.45, 2.75) is 50.7 Å². The number of benzene rings is 1. The van der Waals surface area contributed by atoms with Crippen LogP contribution in [0.4, 0.5) is 0 Å². The van der Waals surface area contributed by atoms with Crippen LogP contribution in [0.1, 0.15) is 19.4 Å². The third kappa shape index (κ3) is 4.17. The molecule has 2 heterocycles. The van der Waals surface area contributed by atoms with E-state index in [0.29, 0.717) is 18.2 Å². The number of ether oxygens (including phenoxy) is 4. The van der Waals surface area contributed by atoms with Gasteiger partial charge in [-0.3, -0.25) is 0 Å². The Morgan fingerprint density at radius 1 is 1.29 bits per heavy atom. The van der Waals surface area contributed by atoms with Crippen LogP contribution < -0.4 is 0 Å². The zero-order valence-electron chi connectivity index (χ0n) is 13.9. The molecule has 0 unspecified atom stereocenters. The van der Waals surface area contributed by atoms with Gasteiger partial charge in [-0.25, -0.2) is 0 Å². The lowest BCUT2D eigenvalue weighted by atomic mass is 10.0. The maximum absolute atomic E-state index is 9.46. The lowest BCUT2D eigenvalue weighted by Crippen LogP contribution is -2.48. The molecular weight excluding hydrogens is 332 g/mol. The summed E-state index contributed by atoms with van der Waals surface area (Å²) in [5.41, 5.74) is 1.06. The molecule has 3 rings (SSSR count). The topological polar surface area (TPSA) is 57.2 Å². The highest BCUT2D eigenvalue weighted by Crippen LogP contribution is 2.33. The van der Waals surface area contributed by atoms with Crippen LogP contribution in [0, 0.1) is 0 Å². The smallest absolute Gasteiger partial charge is 0.163 e. The van der Waals surface area contributed by atoms with E-state index >= 15 is 0 Å². The molecule has 0 aliphatic carbocycles. The Kier molecular flexibility index (Phi) is 5.59. The summed E-state index contributed by atoms with van der Waals surface area (Å²) in [6, 6.07) is 9.89. The van der Waals surface area contributed by atoms with Crippen molar-refractivity contribution in [3.8, 4) is 0 Å². The number of hydrogen-bond donors (Lipinski definition) is 1. The molecule has 5 nitrogen and oxygen atoms in total. The van der Waals surface area contributed by atoms with E-state index in [4.69, 9.17) is 30.5 Å². The monoisotopic (exact) mass is 354 g/mol. The zero-order valence-corrected chi connectivity index (χ0v) is 14.6. The van der Waals surface area contributed by atoms with Crippen LogP contribution in [-0.4, -0.2) is 48.5 Å². The summed E-state index contributed by atoms with van der Waals surface area (Å²) in [6.07, 6.45) is 0.198. The van der Waals surface area contributed by atoms with Gasteiger partial charge in [-0.15, -0.1) is 0 Å². The third-order valence-corrected chi connectivity index (χ3v) is 4.49. The number of rotatable bonds is 5. The van der Waals surface area contributed by atoms with E-state index in [2.05, 4.69) is 0 Å². The number of hydrogen-bond acceptors (Lipinski definition) is 5. The SMILES string of the molecule is CC1(C)OC[C@H]([C@H]2O[C@@H](CO)C(Cl)=C[C@H]2OCc2ccccc2)O1. The number of aliphatic hydroxyl groups excluding tert-OH is 1. The van der Waals surface area contributed by atoms with Gasteiger partial charge in [0.05, 0.1) is 19.8 Å². The van der Waals surface area contributed by atoms with Crippen molar-refractivity contribution in [1.82, 2.24) is 0 Å². The molecule has 1 fully saturated rings. The lowest BCUT2D eigenvalue weighted by molar-refractivity contribution is -0.183. The minimum atomic E-state index is -0.655. The van der Waals surface area contributed by atoms with E-state index < -0.39 is 18.0 Å². The van der Waals surface area contributed by atoms with Crippen molar-refractivity contribution < 1.29 is 24.1 Å². The van der Waals surface area contributed by atoms with Gasteiger partial charge < -0.3 is 24.1 Å². The van der Waals surface area contributed by atoms with E-state index in [0.717, 1.165) is 5.56 Å². The summed E-state index contributed by atoms with van der Waals surface area (Å²) in [5.74, 6) is -0.655. The minimum Gasteiger partial charge on any atom is -0.393 e. The van der Waals surface area contributed by atoms with Crippen LogP contribution in [0.3, 0.4) is 0 Å². The first-order chi connectivity index (χ1) is 11.5. The standard InChI is InChI=1S/C18H23ClO5/c1-18(2)22-11-16(24-18)17-14(8-13(19)15(9-20)23-17)21-10-12-6-4-3-5-7-12/h3-8,14-17,20H,9-11H2,1-2H3/t14-,15+,16-,17+/m1/s1. The summed E-state index contributed by atoms with van der Waals surface area (Å²) < 4.78 is 23.5. The van der Waals surface area contributed by atoms with Gasteiger partial charge in [0.15, 0.2) is 5.79 Å². The van der Waals surface area contributed by atoms with Gasteiger partial charge >= 0.3 is 0 Å². The van der Waals surface area contributed by atoms with E-state index in [1.54, 1.807) is 6.08 Å². The Balaban J connectivity index is 1.73. The van der Waals surface area contributed by atoms with Crippen LogP contribution in [0.15, 0.2) is 41.4 Å². The van der Waals surface area contributed by atoms with Crippen LogP contribution in [0.5, 0.6) is 0 Å². The molecule has 0 bridgehead atoms. The molecule has 132 valence electrons. The summed E-state index contributed by atoms with van der Waals surface area (Å²) in [6.45, 7) is 4.39. The molecule has 1 aromatic carbocycles. The summed E-state index contributed by atoms with van der Waals surface area (Å²) in [5, 5.41) is 9.90. The van der Waals surface area contributed by atoms with Crippen LogP contribution >= 0.6 is 11.6 Å². The quantitative estimate of drug-likeness (QED) is 0.880. The third-order valence-electron chi connectivity index (χ3n) is 4.12. The van der Waals surface area contributed by atoms with Crippen LogP contribution in [-0.2, 0) is 25.6 Å². The molecule has 0 radical (unpaired) electrons. The second kappa shape index (κ2) is 7.52. The van der Waals surface area contributed by atoms with Gasteiger partial charge in [-0.2, -0.15) is 0 Å². The van der Waals surface area contributed by atoms with Crippen molar-refractivity contribution >= 4 is 11.6 Å². The molecule has 24 heavy (non-hydrogen) atoms. The van der Waals surface area contributed by atoms with E-state index in [9.17, 15) is 5.11 Å². The molecule has 0 aromatic heterocycles. The molecule has 1 aromatic rings. The largest absolute Gasteiger partial charge is 0.393 e. The van der Waals surface area contributed by atoms with E-state index in [-0.39, 0.29) is 18.8 Å². The average Bonchev–Trinajstić information content (AvgIpc) is 2.93. The molecule has 4 atom stereocenters. The van der Waals surface area contributed by atoms with Crippen molar-refractivity contribution in [1.29, 1.82) is 0 Å². The normalized spacial score (nSPS) is 32.6. The first-order valence-electron chi connectivity index (χ1n) is 8.09. The van der Waals surface area contributed by atoms with Crippen molar-refractivity contribution in [2.24, 2.45) is 0 Å². The Morgan fingerprint density at radius 2 is 2.04 bits per heavy atom. The fraction of sp³-hybridized carbons (Fsp3) is 0.556. The molecule has 6 heteroatoms. The summed E-state index contributed by atoms with van der Waals surface area (Å²) in [7, 11) is 0. The van der Waals surface area contributed by atoms with Crippen LogP contribution in [0.25, 0.3) is 0 Å². The van der Waals surface area contributed by atoms with E-state index in [1.807, 2.05) is 44.2 Å². The summed E-state index contributed by atoms with van der Waals surface area (Å²) in [4.78, 5) is 0. The van der Waals surface area contributed by atoms with Crippen LogP contribution in [0.2, 0.25) is 0 Å². The summed E-state index contributed by atoms with van der Waals surface area (Å²) >= 11 is 6.21. The molecule has 2 aliphatic heterocycles. The second-order valence-electron chi connectivity index (χ2n) is 6.45. The highest BCUT2D eigenvalue weighted by Gasteiger charge is 2.44. The second-order valence-corrected chi connectivity index (χ2v) is 6.89. The predicted molar refractivity (Wildman–Crippen MR) is 89.6 cm³/mol. The molecule has 0 spiro atoms. The molecule has 1 saturated heterocycles. The Hall–Kier alpha value is -0.950. The Labute approximate surface area is 147 Å². The van der Waals surface area contributed by atoms with Crippen molar-refractivity contribution in [3.63, 3.8) is 0 Å². The van der Waals surface area contributed by atoms with Gasteiger partial charge in [-0.1, -0.05) is 41.9 Å². The molecule has 0 saturated carbocycles. The van der Waals surface area contributed by atoms with Gasteiger partial charge in [0, 0.05) is 5.03 Å². The molecular formula is C18H23ClO5. The van der Waals surface area contributed by atoms with Crippen molar-refractivity contribution in [2.75, 3.05) is 13.2 Å². The van der Waals surface area contributed by atoms with Gasteiger partial charge in [0.25, 0.3) is 0 Å². The maximum atomic E-state index is 9.46. The zero-order chi connectivity index (χ0) is 17.2. The molecule has 0 amide bonds. The molecule has 2 aliphatic rings. The highest BCUT2D eigenvalue weighted by atomic mass is 35.5. The Bertz CT molecular complexity index is 574. The molecule has 1 N–H and O–H groups in total. The maximum Gasteiger partial charge on any atom is 0.163 e. The average molecular weight is 355 g/mol. The minimum absolute atomic E-state index is 0.186. The first-order valence-corrected chi connectivity index (χ1v) is 8.47.